The number of nitrogens with zero attached hydrogens (tertiary/aromatic N) is 2. The largest absolute Gasteiger partial charge is 0.508 e. The molecule has 190 valence electrons. The van der Waals surface area contributed by atoms with E-state index in [-0.39, 0.29) is 29.7 Å². The number of rotatable bonds is 5. The summed E-state index contributed by atoms with van der Waals surface area (Å²) in [6, 6.07) is 16.0. The van der Waals surface area contributed by atoms with Gasteiger partial charge in [0, 0.05) is 36.0 Å². The molecule has 1 fully saturated rings. The molecule has 2 amide bonds. The van der Waals surface area contributed by atoms with Crippen LogP contribution >= 0.6 is 0 Å². The van der Waals surface area contributed by atoms with Crippen LogP contribution in [0.15, 0.2) is 54.6 Å². The molecule has 0 saturated heterocycles. The van der Waals surface area contributed by atoms with Gasteiger partial charge in [-0.1, -0.05) is 12.1 Å². The highest BCUT2D eigenvalue weighted by Crippen LogP contribution is 2.42. The number of methoxy groups -OCH3 is 1. The summed E-state index contributed by atoms with van der Waals surface area (Å²) in [6.45, 7) is 2.92. The fourth-order valence-electron chi connectivity index (χ4n) is 5.82. The predicted molar refractivity (Wildman–Crippen MR) is 139 cm³/mol. The first-order chi connectivity index (χ1) is 17.9. The van der Waals surface area contributed by atoms with Gasteiger partial charge >= 0.3 is 0 Å². The second kappa shape index (κ2) is 9.14. The lowest BCUT2D eigenvalue weighted by molar-refractivity contribution is 0.0751. The molecule has 3 aliphatic rings. The van der Waals surface area contributed by atoms with Gasteiger partial charge in [0.15, 0.2) is 11.5 Å². The lowest BCUT2D eigenvalue weighted by Crippen LogP contribution is -2.26. The average Bonchev–Trinajstić information content (AvgIpc) is 3.62. The molecule has 2 aliphatic heterocycles. The molecule has 1 saturated carbocycles. The third-order valence-electron chi connectivity index (χ3n) is 7.81. The van der Waals surface area contributed by atoms with Gasteiger partial charge in [0.25, 0.3) is 11.8 Å². The van der Waals surface area contributed by atoms with Crippen molar-refractivity contribution in [3.05, 3.63) is 82.4 Å². The fourth-order valence-corrected chi connectivity index (χ4v) is 5.82. The number of phenolic OH excluding ortho intramolecular Hbond substituents is 1. The Kier molecular flexibility index (Phi) is 5.78. The minimum atomic E-state index is -0.182. The Bertz CT molecular complexity index is 1390. The summed E-state index contributed by atoms with van der Waals surface area (Å²) < 4.78 is 11.8. The van der Waals surface area contributed by atoms with Crippen molar-refractivity contribution in [2.45, 2.75) is 57.8 Å². The topological polar surface area (TPSA) is 79.3 Å². The number of fused-ring (bicyclic) bond motifs is 2. The van der Waals surface area contributed by atoms with Crippen molar-refractivity contribution in [1.29, 1.82) is 0 Å². The van der Waals surface area contributed by atoms with Gasteiger partial charge in [-0.3, -0.25) is 9.59 Å². The highest BCUT2D eigenvalue weighted by Gasteiger charge is 2.36. The Hall–Kier alpha value is -4.00. The number of benzene rings is 3. The first kappa shape index (κ1) is 23.4. The summed E-state index contributed by atoms with van der Waals surface area (Å²) in [4.78, 5) is 30.5. The van der Waals surface area contributed by atoms with Crippen molar-refractivity contribution in [2.75, 3.05) is 12.0 Å². The van der Waals surface area contributed by atoms with E-state index < -0.39 is 0 Å². The number of ether oxygens (including phenoxy) is 2. The summed E-state index contributed by atoms with van der Waals surface area (Å²) >= 11 is 0. The van der Waals surface area contributed by atoms with E-state index in [1.54, 1.807) is 41.2 Å². The molecule has 3 aromatic carbocycles. The molecule has 3 aromatic rings. The smallest absolute Gasteiger partial charge is 0.259 e. The molecule has 7 nitrogen and oxygen atoms in total. The normalized spacial score (nSPS) is 18.8. The predicted octanol–water partition coefficient (Wildman–Crippen LogP) is 5.60. The van der Waals surface area contributed by atoms with Crippen LogP contribution in [0.1, 0.15) is 76.1 Å². The zero-order chi connectivity index (χ0) is 25.7. The Labute approximate surface area is 216 Å². The van der Waals surface area contributed by atoms with E-state index >= 15 is 0 Å². The molecule has 1 N–H and O–H groups in total. The Balaban J connectivity index is 1.25. The standard InChI is InChI=1S/C30H30N2O5/c1-18-25-11-8-19(29(34)31-16-20-7-10-23(33)13-21(20)17-31)14-26(25)30(35)32(18)22-9-12-27(36-2)28(15-22)37-24-5-3-4-6-24/h7-15,18,24,33H,3-6,16-17H2,1-2H3. The van der Waals surface area contributed by atoms with Gasteiger partial charge in [0.1, 0.15) is 5.75 Å². The Morgan fingerprint density at radius 1 is 0.946 bits per heavy atom. The van der Waals surface area contributed by atoms with Gasteiger partial charge in [-0.2, -0.15) is 0 Å². The van der Waals surface area contributed by atoms with Gasteiger partial charge in [0.05, 0.1) is 19.3 Å². The van der Waals surface area contributed by atoms with Crippen molar-refractivity contribution in [3.63, 3.8) is 0 Å². The van der Waals surface area contributed by atoms with Crippen LogP contribution < -0.4 is 14.4 Å². The molecular formula is C30H30N2O5. The van der Waals surface area contributed by atoms with Crippen LogP contribution in [-0.2, 0) is 13.1 Å². The van der Waals surface area contributed by atoms with Crippen LogP contribution in [0.5, 0.6) is 17.2 Å². The molecule has 0 bridgehead atoms. The number of aromatic hydroxyl groups is 1. The SMILES string of the molecule is COc1ccc(N2C(=O)c3cc(C(=O)N4Cc5ccc(O)cc5C4)ccc3C2C)cc1OC1CCCC1. The number of hydrogen-bond acceptors (Lipinski definition) is 5. The number of anilines is 1. The van der Waals surface area contributed by atoms with Crippen LogP contribution in [-0.4, -0.2) is 35.0 Å². The minimum absolute atomic E-state index is 0.130. The van der Waals surface area contributed by atoms with Crippen LogP contribution in [0, 0.1) is 0 Å². The zero-order valence-electron chi connectivity index (χ0n) is 21.1. The first-order valence-corrected chi connectivity index (χ1v) is 12.8. The number of hydrogen-bond donors (Lipinski definition) is 1. The number of carbonyl (C=O) groups excluding carboxylic acids is 2. The second-order valence-corrected chi connectivity index (χ2v) is 10.1. The average molecular weight is 499 g/mol. The van der Waals surface area contributed by atoms with Crippen molar-refractivity contribution in [3.8, 4) is 17.2 Å². The van der Waals surface area contributed by atoms with Gasteiger partial charge in [-0.15, -0.1) is 0 Å². The fraction of sp³-hybridized carbons (Fsp3) is 0.333. The quantitative estimate of drug-likeness (QED) is 0.495. The van der Waals surface area contributed by atoms with E-state index in [2.05, 4.69) is 0 Å². The van der Waals surface area contributed by atoms with Gasteiger partial charge < -0.3 is 24.4 Å². The van der Waals surface area contributed by atoms with E-state index in [0.717, 1.165) is 48.1 Å². The van der Waals surface area contributed by atoms with Gasteiger partial charge in [0.2, 0.25) is 0 Å². The molecule has 1 aliphatic carbocycles. The molecule has 1 unspecified atom stereocenters. The molecule has 37 heavy (non-hydrogen) atoms. The van der Waals surface area contributed by atoms with E-state index in [1.165, 1.54) is 0 Å². The lowest BCUT2D eigenvalue weighted by atomic mass is 10.0. The third kappa shape index (κ3) is 4.08. The van der Waals surface area contributed by atoms with Gasteiger partial charge in [-0.25, -0.2) is 0 Å². The van der Waals surface area contributed by atoms with E-state index in [0.29, 0.717) is 35.7 Å². The van der Waals surface area contributed by atoms with Crippen LogP contribution in [0.25, 0.3) is 0 Å². The summed E-state index contributed by atoms with van der Waals surface area (Å²) in [5.41, 5.74) is 4.63. The summed E-state index contributed by atoms with van der Waals surface area (Å²) in [5.74, 6) is 1.23. The number of carbonyl (C=O) groups is 2. The minimum Gasteiger partial charge on any atom is -0.508 e. The summed E-state index contributed by atoms with van der Waals surface area (Å²) in [6.07, 6.45) is 4.55. The molecule has 0 aromatic heterocycles. The second-order valence-electron chi connectivity index (χ2n) is 10.1. The Morgan fingerprint density at radius 2 is 1.73 bits per heavy atom. The van der Waals surface area contributed by atoms with Crippen molar-refractivity contribution < 1.29 is 24.2 Å². The summed E-state index contributed by atoms with van der Waals surface area (Å²) in [5, 5.41) is 9.77. The number of phenols is 1. The Morgan fingerprint density at radius 3 is 2.51 bits per heavy atom. The summed E-state index contributed by atoms with van der Waals surface area (Å²) in [7, 11) is 1.62. The lowest BCUT2D eigenvalue weighted by Gasteiger charge is -2.24. The highest BCUT2D eigenvalue weighted by atomic mass is 16.5. The highest BCUT2D eigenvalue weighted by molar-refractivity contribution is 6.12. The van der Waals surface area contributed by atoms with Crippen molar-refractivity contribution in [1.82, 2.24) is 4.90 Å². The monoisotopic (exact) mass is 498 g/mol. The van der Waals surface area contributed by atoms with Crippen LogP contribution in [0.4, 0.5) is 5.69 Å². The molecule has 7 heteroatoms. The molecule has 1 atom stereocenters. The maximum absolute atomic E-state index is 13.6. The molecule has 6 rings (SSSR count). The van der Waals surface area contributed by atoms with Crippen molar-refractivity contribution in [2.24, 2.45) is 0 Å². The zero-order valence-corrected chi connectivity index (χ0v) is 21.1. The van der Waals surface area contributed by atoms with E-state index in [4.69, 9.17) is 9.47 Å². The maximum Gasteiger partial charge on any atom is 0.259 e. The number of amides is 2. The molecule has 2 heterocycles. The molecule has 0 spiro atoms. The van der Waals surface area contributed by atoms with Gasteiger partial charge in [-0.05, 0) is 85.7 Å². The third-order valence-corrected chi connectivity index (χ3v) is 7.81. The van der Waals surface area contributed by atoms with Crippen molar-refractivity contribution >= 4 is 17.5 Å². The molecular weight excluding hydrogens is 468 g/mol. The van der Waals surface area contributed by atoms with Crippen LogP contribution in [0.2, 0.25) is 0 Å². The first-order valence-electron chi connectivity index (χ1n) is 12.8. The van der Waals surface area contributed by atoms with E-state index in [9.17, 15) is 14.7 Å². The maximum atomic E-state index is 13.6. The molecule has 0 radical (unpaired) electrons. The van der Waals surface area contributed by atoms with Crippen LogP contribution in [0.3, 0.4) is 0 Å². The van der Waals surface area contributed by atoms with E-state index in [1.807, 2.05) is 37.3 Å².